The molecule has 0 radical (unpaired) electrons. The summed E-state index contributed by atoms with van der Waals surface area (Å²) in [6.07, 6.45) is 7.60. The molecule has 1 atom stereocenters. The van der Waals surface area contributed by atoms with Gasteiger partial charge in [0, 0.05) is 19.1 Å². The van der Waals surface area contributed by atoms with Crippen molar-refractivity contribution in [2.45, 2.75) is 44.7 Å². The fourth-order valence-corrected chi connectivity index (χ4v) is 2.82. The highest BCUT2D eigenvalue weighted by Crippen LogP contribution is 2.30. The third-order valence-corrected chi connectivity index (χ3v) is 4.35. The molecule has 1 aliphatic carbocycles. The summed E-state index contributed by atoms with van der Waals surface area (Å²) in [6.45, 7) is 2.51. The molecule has 1 aliphatic heterocycles. The first kappa shape index (κ1) is 13.9. The molecule has 20 heavy (non-hydrogen) atoms. The van der Waals surface area contributed by atoms with E-state index in [-0.39, 0.29) is 5.56 Å². The molecule has 3 rings (SSSR count). The predicted octanol–water partition coefficient (Wildman–Crippen LogP) is 1.86. The summed E-state index contributed by atoms with van der Waals surface area (Å²) in [7, 11) is 0. The molecule has 0 aromatic carbocycles. The van der Waals surface area contributed by atoms with Gasteiger partial charge in [0.15, 0.2) is 0 Å². The molecule has 110 valence electrons. The molecule has 6 heteroatoms. The van der Waals surface area contributed by atoms with Gasteiger partial charge in [-0.2, -0.15) is 5.10 Å². The number of hydrogen-bond donors (Lipinski definition) is 2. The van der Waals surface area contributed by atoms with E-state index in [1.54, 1.807) is 10.9 Å². The van der Waals surface area contributed by atoms with Crippen LogP contribution in [-0.2, 0) is 6.54 Å². The molecule has 0 amide bonds. The lowest BCUT2D eigenvalue weighted by Crippen LogP contribution is -2.40. The topological polar surface area (TPSA) is 59.0 Å². The van der Waals surface area contributed by atoms with Gasteiger partial charge in [-0.3, -0.25) is 4.79 Å². The molecule has 2 heterocycles. The zero-order valence-corrected chi connectivity index (χ0v) is 12.3. The van der Waals surface area contributed by atoms with Gasteiger partial charge in [0.25, 0.3) is 5.56 Å². The molecule has 1 aromatic rings. The number of piperidine rings is 1. The predicted molar refractivity (Wildman–Crippen MR) is 80.4 cm³/mol. The van der Waals surface area contributed by atoms with Crippen LogP contribution in [0.4, 0.5) is 5.69 Å². The molecule has 2 N–H and O–H groups in total. The number of rotatable bonds is 5. The lowest BCUT2D eigenvalue weighted by Gasteiger charge is -2.24. The number of hydrogen-bond acceptors (Lipinski definition) is 4. The maximum atomic E-state index is 12.4. The monoisotopic (exact) mass is 296 g/mol. The Morgan fingerprint density at radius 2 is 2.25 bits per heavy atom. The van der Waals surface area contributed by atoms with E-state index in [1.165, 1.54) is 25.7 Å². The van der Waals surface area contributed by atoms with Crippen molar-refractivity contribution in [3.05, 3.63) is 21.6 Å². The third kappa shape index (κ3) is 3.33. The van der Waals surface area contributed by atoms with Crippen LogP contribution in [0.25, 0.3) is 0 Å². The fourth-order valence-electron chi connectivity index (χ4n) is 2.63. The smallest absolute Gasteiger partial charge is 0.291 e. The summed E-state index contributed by atoms with van der Waals surface area (Å²) in [5.41, 5.74) is 0.398. The number of halogens is 1. The SMILES string of the molecule is O=c1c(NCC2CCCCN2)c(Cl)cnn1CC1CC1. The number of nitrogens with one attached hydrogen (secondary N) is 2. The average molecular weight is 297 g/mol. The van der Waals surface area contributed by atoms with Crippen LogP contribution in [0.15, 0.2) is 11.0 Å². The fraction of sp³-hybridized carbons (Fsp3) is 0.714. The van der Waals surface area contributed by atoms with E-state index < -0.39 is 0 Å². The van der Waals surface area contributed by atoms with E-state index in [1.807, 2.05) is 0 Å². The highest BCUT2D eigenvalue weighted by Gasteiger charge is 2.23. The molecule has 1 aromatic heterocycles. The molecule has 0 spiro atoms. The van der Waals surface area contributed by atoms with Crippen LogP contribution < -0.4 is 16.2 Å². The summed E-state index contributed by atoms with van der Waals surface area (Å²) in [6, 6.07) is 0.421. The van der Waals surface area contributed by atoms with Gasteiger partial charge in [-0.15, -0.1) is 0 Å². The van der Waals surface area contributed by atoms with Crippen LogP contribution in [0.5, 0.6) is 0 Å². The Balaban J connectivity index is 1.68. The van der Waals surface area contributed by atoms with Crippen LogP contribution >= 0.6 is 11.6 Å². The quantitative estimate of drug-likeness (QED) is 0.871. The Morgan fingerprint density at radius 1 is 1.40 bits per heavy atom. The van der Waals surface area contributed by atoms with Crippen LogP contribution in [0.1, 0.15) is 32.1 Å². The van der Waals surface area contributed by atoms with E-state index in [4.69, 9.17) is 11.6 Å². The maximum absolute atomic E-state index is 12.4. The van der Waals surface area contributed by atoms with Gasteiger partial charge < -0.3 is 10.6 Å². The van der Waals surface area contributed by atoms with Crippen molar-refractivity contribution in [1.29, 1.82) is 0 Å². The van der Waals surface area contributed by atoms with Gasteiger partial charge in [-0.05, 0) is 38.1 Å². The lowest BCUT2D eigenvalue weighted by atomic mass is 10.1. The summed E-state index contributed by atoms with van der Waals surface area (Å²) in [5, 5.41) is 11.2. The second-order valence-electron chi connectivity index (χ2n) is 5.83. The number of nitrogens with zero attached hydrogens (tertiary/aromatic N) is 2. The van der Waals surface area contributed by atoms with E-state index >= 15 is 0 Å². The van der Waals surface area contributed by atoms with Crippen molar-refractivity contribution >= 4 is 17.3 Å². The first-order chi connectivity index (χ1) is 9.74. The lowest BCUT2D eigenvalue weighted by molar-refractivity contribution is 0.414. The van der Waals surface area contributed by atoms with Crippen LogP contribution in [0.2, 0.25) is 5.02 Å². The molecule has 0 bridgehead atoms. The van der Waals surface area contributed by atoms with Gasteiger partial charge in [0.2, 0.25) is 0 Å². The second kappa shape index (κ2) is 6.14. The Labute approximate surface area is 123 Å². The van der Waals surface area contributed by atoms with Crippen molar-refractivity contribution in [3.8, 4) is 0 Å². The first-order valence-electron chi connectivity index (χ1n) is 7.47. The molecular formula is C14H21ClN4O. The maximum Gasteiger partial charge on any atom is 0.291 e. The van der Waals surface area contributed by atoms with Crippen molar-refractivity contribution in [1.82, 2.24) is 15.1 Å². The highest BCUT2D eigenvalue weighted by molar-refractivity contribution is 6.32. The Bertz CT molecular complexity index is 520. The van der Waals surface area contributed by atoms with E-state index in [0.29, 0.717) is 29.2 Å². The summed E-state index contributed by atoms with van der Waals surface area (Å²) in [4.78, 5) is 12.4. The van der Waals surface area contributed by atoms with E-state index in [2.05, 4.69) is 15.7 Å². The second-order valence-corrected chi connectivity index (χ2v) is 6.23. The van der Waals surface area contributed by atoms with Crippen molar-refractivity contribution < 1.29 is 0 Å². The Morgan fingerprint density at radius 3 is 2.95 bits per heavy atom. The molecular weight excluding hydrogens is 276 g/mol. The third-order valence-electron chi connectivity index (χ3n) is 4.06. The van der Waals surface area contributed by atoms with Crippen molar-refractivity contribution in [2.24, 2.45) is 5.92 Å². The normalized spacial score (nSPS) is 22.8. The van der Waals surface area contributed by atoms with Crippen LogP contribution in [-0.4, -0.2) is 28.9 Å². The van der Waals surface area contributed by atoms with Gasteiger partial charge in [0.05, 0.1) is 11.2 Å². The van der Waals surface area contributed by atoms with Crippen molar-refractivity contribution in [2.75, 3.05) is 18.4 Å². The van der Waals surface area contributed by atoms with Crippen molar-refractivity contribution in [3.63, 3.8) is 0 Å². The molecule has 2 fully saturated rings. The van der Waals surface area contributed by atoms with E-state index in [0.717, 1.165) is 19.5 Å². The molecule has 2 aliphatic rings. The molecule has 1 unspecified atom stereocenters. The van der Waals surface area contributed by atoms with Crippen LogP contribution in [0, 0.1) is 5.92 Å². The minimum absolute atomic E-state index is 0.0970. The summed E-state index contributed by atoms with van der Waals surface area (Å²) < 4.78 is 1.54. The Kier molecular flexibility index (Phi) is 4.27. The number of anilines is 1. The zero-order valence-electron chi connectivity index (χ0n) is 11.6. The highest BCUT2D eigenvalue weighted by atomic mass is 35.5. The minimum Gasteiger partial charge on any atom is -0.378 e. The van der Waals surface area contributed by atoms with Gasteiger partial charge in [-0.25, -0.2) is 4.68 Å². The molecule has 1 saturated carbocycles. The summed E-state index contributed by atoms with van der Waals surface area (Å²) >= 11 is 6.11. The van der Waals surface area contributed by atoms with Gasteiger partial charge in [-0.1, -0.05) is 18.0 Å². The molecule has 5 nitrogen and oxygen atoms in total. The number of aromatic nitrogens is 2. The zero-order chi connectivity index (χ0) is 13.9. The summed E-state index contributed by atoms with van der Waals surface area (Å²) in [5.74, 6) is 0.620. The van der Waals surface area contributed by atoms with Crippen LogP contribution in [0.3, 0.4) is 0 Å². The van der Waals surface area contributed by atoms with E-state index in [9.17, 15) is 4.79 Å². The Hall–Kier alpha value is -1.07. The standard InChI is InChI=1S/C14H21ClN4O/c15-12-8-18-19(9-10-4-5-10)14(20)13(12)17-7-11-3-1-2-6-16-11/h8,10-11,16-17H,1-7,9H2. The molecule has 1 saturated heterocycles. The van der Waals surface area contributed by atoms with Gasteiger partial charge >= 0.3 is 0 Å². The largest absolute Gasteiger partial charge is 0.378 e. The van der Waals surface area contributed by atoms with Gasteiger partial charge in [0.1, 0.15) is 5.69 Å². The average Bonchev–Trinajstić information content (AvgIpc) is 3.27. The first-order valence-corrected chi connectivity index (χ1v) is 7.84. The minimum atomic E-state index is -0.0970.